The Balaban J connectivity index is 0.000000557. The van der Waals surface area contributed by atoms with Crippen molar-refractivity contribution in [3.05, 3.63) is 95.1 Å². The molecule has 1 fully saturated rings. The van der Waals surface area contributed by atoms with Crippen molar-refractivity contribution in [2.75, 3.05) is 13.1 Å². The number of nitriles is 1. The van der Waals surface area contributed by atoms with E-state index >= 15 is 4.39 Å². The van der Waals surface area contributed by atoms with Crippen LogP contribution in [-0.4, -0.2) is 62.8 Å². The molecule has 5 N–H and O–H groups in total. The van der Waals surface area contributed by atoms with Crippen LogP contribution in [0.15, 0.2) is 66.7 Å². The average Bonchev–Trinajstić information content (AvgIpc) is 3.37. The Hall–Kier alpha value is -4.92. The number of likely N-dealkylation sites (tertiary alicyclic amines) is 1. The summed E-state index contributed by atoms with van der Waals surface area (Å²) in [5, 5.41) is 34.8. The van der Waals surface area contributed by atoms with E-state index in [1.165, 1.54) is 18.2 Å². The van der Waals surface area contributed by atoms with Crippen LogP contribution >= 0.6 is 0 Å². The third kappa shape index (κ3) is 9.03. The fourth-order valence-electron chi connectivity index (χ4n) is 4.61. The molecule has 0 saturated carbocycles. The molecule has 1 aliphatic heterocycles. The number of carboxylic acids is 2. The first-order valence-electron chi connectivity index (χ1n) is 13.2. The summed E-state index contributed by atoms with van der Waals surface area (Å²) in [6.07, 6.45) is 2.12. The monoisotopic (exact) mass is 591 g/mol. The van der Waals surface area contributed by atoms with Crippen LogP contribution in [0, 0.1) is 23.0 Å². The van der Waals surface area contributed by atoms with Gasteiger partial charge in [0.05, 0.1) is 11.2 Å². The fourth-order valence-corrected chi connectivity index (χ4v) is 4.61. The third-order valence-corrected chi connectivity index (χ3v) is 6.51. The van der Waals surface area contributed by atoms with E-state index in [1.807, 2.05) is 0 Å². The van der Waals surface area contributed by atoms with E-state index < -0.39 is 29.2 Å². The predicted molar refractivity (Wildman–Crippen MR) is 155 cm³/mol. The molecule has 43 heavy (non-hydrogen) atoms. The number of halogens is 2. The summed E-state index contributed by atoms with van der Waals surface area (Å²) < 4.78 is 29.8. The summed E-state index contributed by atoms with van der Waals surface area (Å²) in [6.45, 7) is 4.32. The minimum absolute atomic E-state index is 0.0678. The number of carboxylic acid groups (broad SMARTS) is 2. The summed E-state index contributed by atoms with van der Waals surface area (Å²) in [4.78, 5) is 33.9. The Morgan fingerprint density at radius 2 is 1.63 bits per heavy atom. The normalized spacial score (nSPS) is 14.6. The maximum Gasteiger partial charge on any atom is 0.328 e. The lowest BCUT2D eigenvalue weighted by Crippen LogP contribution is -2.31. The van der Waals surface area contributed by atoms with Gasteiger partial charge in [-0.15, -0.1) is 0 Å². The van der Waals surface area contributed by atoms with Crippen LogP contribution in [0.5, 0.6) is 0 Å². The van der Waals surface area contributed by atoms with Crippen molar-refractivity contribution in [3.8, 4) is 28.3 Å². The van der Waals surface area contributed by atoms with Crippen LogP contribution in [-0.2, 0) is 16.0 Å². The van der Waals surface area contributed by atoms with Gasteiger partial charge in [-0.1, -0.05) is 24.3 Å². The zero-order valence-electron chi connectivity index (χ0n) is 23.6. The Morgan fingerprint density at radius 1 is 0.977 bits per heavy atom. The molecule has 4 rings (SSSR count). The Labute approximate surface area is 247 Å². The molecule has 1 heterocycles. The zero-order valence-corrected chi connectivity index (χ0v) is 23.6. The van der Waals surface area contributed by atoms with Crippen molar-refractivity contribution in [2.45, 2.75) is 38.3 Å². The molecule has 3 aromatic rings. The lowest BCUT2D eigenvalue weighted by Gasteiger charge is -2.19. The van der Waals surface area contributed by atoms with Gasteiger partial charge in [0.1, 0.15) is 17.7 Å². The average molecular weight is 592 g/mol. The Bertz CT molecular complexity index is 1590. The van der Waals surface area contributed by atoms with Gasteiger partial charge >= 0.3 is 11.9 Å². The SMILES string of the molecule is CC(C)(O)Cc1ccc(-c2ccc(C(=O)N3CC[C@H](N)C3)cc2-c2ccc(C#N)c(F)c2)c(F)c1.O=C(O)/C=C\C(=O)O. The molecule has 1 saturated heterocycles. The molecule has 3 aromatic carbocycles. The summed E-state index contributed by atoms with van der Waals surface area (Å²) in [5.41, 5.74) is 7.55. The maximum atomic E-state index is 15.3. The zero-order chi connectivity index (χ0) is 31.9. The Morgan fingerprint density at radius 3 is 2.14 bits per heavy atom. The second-order valence-electron chi connectivity index (χ2n) is 10.7. The second kappa shape index (κ2) is 13.8. The van der Waals surface area contributed by atoms with E-state index in [2.05, 4.69) is 0 Å². The van der Waals surface area contributed by atoms with Gasteiger partial charge in [0.25, 0.3) is 5.91 Å². The molecule has 1 atom stereocenters. The van der Waals surface area contributed by atoms with Gasteiger partial charge < -0.3 is 26.0 Å². The van der Waals surface area contributed by atoms with Gasteiger partial charge in [-0.2, -0.15) is 5.26 Å². The number of nitrogens with two attached hydrogens (primary N) is 1. The van der Waals surface area contributed by atoms with Crippen LogP contribution in [0.4, 0.5) is 8.78 Å². The number of carbonyl (C=O) groups excluding carboxylic acids is 1. The topological polar surface area (TPSA) is 165 Å². The molecule has 0 bridgehead atoms. The predicted octanol–water partition coefficient (Wildman–Crippen LogP) is 4.37. The molecular weight excluding hydrogens is 560 g/mol. The van der Waals surface area contributed by atoms with Gasteiger partial charge in [-0.3, -0.25) is 4.79 Å². The minimum atomic E-state index is -1.26. The van der Waals surface area contributed by atoms with Crippen molar-refractivity contribution in [2.24, 2.45) is 5.73 Å². The molecule has 0 unspecified atom stereocenters. The molecule has 224 valence electrons. The molecule has 0 radical (unpaired) electrons. The summed E-state index contributed by atoms with van der Waals surface area (Å²) in [5.74, 6) is -3.90. The fraction of sp³-hybridized carbons (Fsp3) is 0.250. The van der Waals surface area contributed by atoms with E-state index in [1.54, 1.807) is 61.2 Å². The summed E-state index contributed by atoms with van der Waals surface area (Å²) in [7, 11) is 0. The first kappa shape index (κ1) is 32.6. The summed E-state index contributed by atoms with van der Waals surface area (Å²) in [6, 6.07) is 15.6. The highest BCUT2D eigenvalue weighted by Gasteiger charge is 2.26. The van der Waals surface area contributed by atoms with Crippen LogP contribution in [0.1, 0.15) is 41.8 Å². The van der Waals surface area contributed by atoms with Crippen molar-refractivity contribution in [1.82, 2.24) is 4.90 Å². The first-order valence-corrected chi connectivity index (χ1v) is 13.2. The van der Waals surface area contributed by atoms with E-state index in [0.717, 1.165) is 6.42 Å². The third-order valence-electron chi connectivity index (χ3n) is 6.51. The van der Waals surface area contributed by atoms with Gasteiger partial charge in [0, 0.05) is 48.8 Å². The summed E-state index contributed by atoms with van der Waals surface area (Å²) >= 11 is 0. The van der Waals surface area contributed by atoms with Crippen LogP contribution in [0.25, 0.3) is 22.3 Å². The van der Waals surface area contributed by atoms with Crippen molar-refractivity contribution in [1.29, 1.82) is 5.26 Å². The van der Waals surface area contributed by atoms with Crippen LogP contribution < -0.4 is 5.73 Å². The van der Waals surface area contributed by atoms with Gasteiger partial charge in [-0.05, 0) is 72.9 Å². The highest BCUT2D eigenvalue weighted by Crippen LogP contribution is 2.36. The second-order valence-corrected chi connectivity index (χ2v) is 10.7. The lowest BCUT2D eigenvalue weighted by molar-refractivity contribution is -0.134. The standard InChI is InChI=1S/C28H27F2N3O2.C4H4O4/c1-28(2,35)14-17-3-7-23(26(30)11-17)22-8-6-19(27(34)33-10-9-21(32)16-33)12-24(22)18-4-5-20(15-31)25(29)13-18;5-3(6)1-2-4(7)8/h3-8,11-13,21,35H,9-10,14,16,32H2,1-2H3;1-2H,(H,5,6)(H,7,8)/b;2-1-/t21-;/m0./s1. The first-order chi connectivity index (χ1) is 20.2. The van der Waals surface area contributed by atoms with Gasteiger partial charge in [0.15, 0.2) is 0 Å². The highest BCUT2D eigenvalue weighted by molar-refractivity contribution is 5.98. The van der Waals surface area contributed by atoms with Crippen LogP contribution in [0.2, 0.25) is 0 Å². The number of hydrogen-bond donors (Lipinski definition) is 4. The number of rotatable bonds is 7. The largest absolute Gasteiger partial charge is 0.478 e. The number of nitrogens with zero attached hydrogens (tertiary/aromatic N) is 2. The number of aliphatic hydroxyl groups is 1. The molecule has 0 spiro atoms. The van der Waals surface area contributed by atoms with E-state index in [9.17, 15) is 23.9 Å². The van der Waals surface area contributed by atoms with Crippen molar-refractivity contribution < 1.29 is 38.5 Å². The molecule has 1 amide bonds. The molecule has 0 aliphatic carbocycles. The van der Waals surface area contributed by atoms with E-state index in [0.29, 0.717) is 53.1 Å². The smallest absolute Gasteiger partial charge is 0.328 e. The number of hydrogen-bond acceptors (Lipinski definition) is 6. The minimum Gasteiger partial charge on any atom is -0.478 e. The lowest BCUT2D eigenvalue weighted by atomic mass is 9.90. The number of benzene rings is 3. The molecule has 1 aliphatic rings. The van der Waals surface area contributed by atoms with Crippen LogP contribution in [0.3, 0.4) is 0 Å². The number of aliphatic carboxylic acids is 2. The highest BCUT2D eigenvalue weighted by atomic mass is 19.1. The molecule has 9 nitrogen and oxygen atoms in total. The van der Waals surface area contributed by atoms with E-state index in [4.69, 9.17) is 21.2 Å². The molecule has 11 heteroatoms. The Kier molecular flexibility index (Phi) is 10.5. The van der Waals surface area contributed by atoms with Gasteiger partial charge in [0.2, 0.25) is 0 Å². The van der Waals surface area contributed by atoms with Crippen molar-refractivity contribution >= 4 is 17.8 Å². The number of carbonyl (C=O) groups is 3. The van der Waals surface area contributed by atoms with E-state index in [-0.39, 0.29) is 29.5 Å². The number of amides is 1. The molecule has 0 aromatic heterocycles. The quantitative estimate of drug-likeness (QED) is 0.294. The van der Waals surface area contributed by atoms with Gasteiger partial charge in [-0.25, -0.2) is 18.4 Å². The van der Waals surface area contributed by atoms with Crippen molar-refractivity contribution in [3.63, 3.8) is 0 Å². The molecular formula is C32H31F2N3O6. The maximum absolute atomic E-state index is 15.3.